The molecule has 1 saturated carbocycles. The second-order valence-corrected chi connectivity index (χ2v) is 13.3. The summed E-state index contributed by atoms with van der Waals surface area (Å²) in [5.74, 6) is 0.614. The molecule has 0 radical (unpaired) electrons. The number of hydrogen-bond donors (Lipinski definition) is 2. The van der Waals surface area contributed by atoms with Crippen LogP contribution in [0.2, 0.25) is 5.02 Å². The predicted octanol–water partition coefficient (Wildman–Crippen LogP) is 3.74. The van der Waals surface area contributed by atoms with Crippen molar-refractivity contribution in [2.24, 2.45) is 5.41 Å². The Morgan fingerprint density at radius 2 is 1.98 bits per heavy atom. The Bertz CT molecular complexity index is 1360. The topological polar surface area (TPSA) is 126 Å². The van der Waals surface area contributed by atoms with Crippen molar-refractivity contribution in [3.05, 3.63) is 36.0 Å². The number of nitrogens with one attached hydrogen (secondary N) is 2. The number of aromatic nitrogens is 2. The van der Waals surface area contributed by atoms with Gasteiger partial charge in [0.2, 0.25) is 17.7 Å². The van der Waals surface area contributed by atoms with Gasteiger partial charge in [0, 0.05) is 36.9 Å². The van der Waals surface area contributed by atoms with E-state index < -0.39 is 15.3 Å². The number of methoxy groups -OCH3 is 1. The summed E-state index contributed by atoms with van der Waals surface area (Å²) in [6.07, 6.45) is 7.39. The van der Waals surface area contributed by atoms with Crippen LogP contribution in [0.25, 0.3) is 0 Å². The minimum atomic E-state index is -3.14. The molecule has 2 heterocycles. The fourth-order valence-electron chi connectivity index (χ4n) is 4.92. The molecule has 2 aliphatic rings. The van der Waals surface area contributed by atoms with Gasteiger partial charge >= 0.3 is 0 Å². The summed E-state index contributed by atoms with van der Waals surface area (Å²) in [5.41, 5.74) is 1.56. The standard InChI is InChI=1S/C27H37ClN6O5S/c1-6-24(35)30-20-13-21(23(38-4)14-22(20)34-11-7-18(8-12-34)33(2)3)31-26-29-15-19(28)25(32-26)39-16-27(9-10-27)17-40(5,36)37/h6,13-15,18H,1,7-12,16-17H2,2-5H3,(H,30,35)(H,29,31,32). The first-order chi connectivity index (χ1) is 18.9. The van der Waals surface area contributed by atoms with Crippen molar-refractivity contribution in [1.29, 1.82) is 0 Å². The number of halogens is 1. The van der Waals surface area contributed by atoms with E-state index in [2.05, 4.69) is 51.1 Å². The highest BCUT2D eigenvalue weighted by Crippen LogP contribution is 2.47. The second-order valence-electron chi connectivity index (χ2n) is 10.8. The number of carbonyl (C=O) groups is 1. The van der Waals surface area contributed by atoms with E-state index in [1.54, 1.807) is 13.2 Å². The van der Waals surface area contributed by atoms with E-state index in [0.29, 0.717) is 23.2 Å². The summed E-state index contributed by atoms with van der Waals surface area (Å²) in [6, 6.07) is 4.16. The maximum Gasteiger partial charge on any atom is 0.247 e. The van der Waals surface area contributed by atoms with Crippen LogP contribution in [0.4, 0.5) is 23.0 Å². The molecule has 1 aliphatic carbocycles. The lowest BCUT2D eigenvalue weighted by Gasteiger charge is -2.37. The van der Waals surface area contributed by atoms with Gasteiger partial charge in [-0.25, -0.2) is 13.4 Å². The molecular formula is C27H37ClN6O5S. The van der Waals surface area contributed by atoms with Crippen molar-refractivity contribution in [3.8, 4) is 11.6 Å². The van der Waals surface area contributed by atoms with E-state index in [1.165, 1.54) is 18.5 Å². The predicted molar refractivity (Wildman–Crippen MR) is 158 cm³/mol. The van der Waals surface area contributed by atoms with Crippen LogP contribution >= 0.6 is 11.6 Å². The molecule has 0 spiro atoms. The molecule has 1 saturated heterocycles. The van der Waals surface area contributed by atoms with Crippen LogP contribution in [0.15, 0.2) is 31.0 Å². The average Bonchev–Trinajstić information content (AvgIpc) is 3.66. The molecule has 0 bridgehead atoms. The van der Waals surface area contributed by atoms with Crippen LogP contribution in [-0.4, -0.2) is 88.1 Å². The number of anilines is 4. The number of nitrogens with zero attached hydrogens (tertiary/aromatic N) is 4. The summed E-state index contributed by atoms with van der Waals surface area (Å²) >= 11 is 6.29. The SMILES string of the molecule is C=CC(=O)Nc1cc(Nc2ncc(Cl)c(OCC3(CS(C)(=O)=O)CC3)n2)c(OC)cc1N1CCC(N(C)C)CC1. The lowest BCUT2D eigenvalue weighted by molar-refractivity contribution is -0.111. The van der Waals surface area contributed by atoms with Gasteiger partial charge in [0.05, 0.1) is 42.7 Å². The normalized spacial score (nSPS) is 16.9. The van der Waals surface area contributed by atoms with Gasteiger partial charge in [0.25, 0.3) is 0 Å². The van der Waals surface area contributed by atoms with E-state index in [-0.39, 0.29) is 35.1 Å². The summed E-state index contributed by atoms with van der Waals surface area (Å²) in [7, 11) is 2.61. The fourth-order valence-corrected chi connectivity index (χ4v) is 6.55. The number of sulfone groups is 1. The number of hydrogen-bond acceptors (Lipinski definition) is 10. The zero-order valence-corrected chi connectivity index (χ0v) is 24.9. The molecule has 13 heteroatoms. The molecule has 1 aromatic heterocycles. The highest BCUT2D eigenvalue weighted by atomic mass is 35.5. The quantitative estimate of drug-likeness (QED) is 0.352. The Kier molecular flexibility index (Phi) is 9.11. The molecule has 2 N–H and O–H groups in total. The number of benzene rings is 1. The Balaban J connectivity index is 1.57. The van der Waals surface area contributed by atoms with Crippen LogP contribution in [0, 0.1) is 5.41 Å². The molecule has 2 fully saturated rings. The van der Waals surface area contributed by atoms with Crippen LogP contribution in [0.3, 0.4) is 0 Å². The third-order valence-corrected chi connectivity index (χ3v) is 8.69. The molecule has 1 aliphatic heterocycles. The van der Waals surface area contributed by atoms with Crippen molar-refractivity contribution >= 4 is 50.4 Å². The fraction of sp³-hybridized carbons (Fsp3) is 0.519. The number of piperidine rings is 1. The summed E-state index contributed by atoms with van der Waals surface area (Å²) < 4.78 is 35.2. The lowest BCUT2D eigenvalue weighted by Crippen LogP contribution is -2.42. The molecular weight excluding hydrogens is 556 g/mol. The maximum atomic E-state index is 12.3. The van der Waals surface area contributed by atoms with Gasteiger partial charge in [0.15, 0.2) is 0 Å². The lowest BCUT2D eigenvalue weighted by atomic mass is 10.0. The Hall–Kier alpha value is -3.09. The third kappa shape index (κ3) is 7.55. The Morgan fingerprint density at radius 3 is 2.55 bits per heavy atom. The van der Waals surface area contributed by atoms with Gasteiger partial charge in [0.1, 0.15) is 20.6 Å². The van der Waals surface area contributed by atoms with Gasteiger partial charge in [-0.2, -0.15) is 4.98 Å². The van der Waals surface area contributed by atoms with Crippen LogP contribution in [0.1, 0.15) is 25.7 Å². The van der Waals surface area contributed by atoms with Crippen molar-refractivity contribution in [1.82, 2.24) is 14.9 Å². The maximum absolute atomic E-state index is 12.3. The molecule has 2 aromatic rings. The monoisotopic (exact) mass is 592 g/mol. The van der Waals surface area contributed by atoms with E-state index in [0.717, 1.165) is 44.5 Å². The smallest absolute Gasteiger partial charge is 0.247 e. The Morgan fingerprint density at radius 1 is 1.27 bits per heavy atom. The summed E-state index contributed by atoms with van der Waals surface area (Å²) in [4.78, 5) is 25.5. The number of rotatable bonds is 12. The largest absolute Gasteiger partial charge is 0.494 e. The highest BCUT2D eigenvalue weighted by Gasteiger charge is 2.46. The minimum Gasteiger partial charge on any atom is -0.494 e. The van der Waals surface area contributed by atoms with E-state index >= 15 is 0 Å². The zero-order chi connectivity index (χ0) is 29.1. The number of ether oxygens (including phenoxy) is 2. The minimum absolute atomic E-state index is 0.0589. The molecule has 4 rings (SSSR count). The molecule has 0 atom stereocenters. The van der Waals surface area contributed by atoms with E-state index in [4.69, 9.17) is 21.1 Å². The van der Waals surface area contributed by atoms with Crippen molar-refractivity contribution < 1.29 is 22.7 Å². The second kappa shape index (κ2) is 12.2. The van der Waals surface area contributed by atoms with Gasteiger partial charge < -0.3 is 29.9 Å². The van der Waals surface area contributed by atoms with Gasteiger partial charge in [-0.1, -0.05) is 18.2 Å². The first-order valence-corrected chi connectivity index (χ1v) is 15.5. The first kappa shape index (κ1) is 29.9. The van der Waals surface area contributed by atoms with Gasteiger partial charge in [-0.05, 0) is 51.9 Å². The summed E-state index contributed by atoms with van der Waals surface area (Å²) in [6.45, 7) is 5.43. The van der Waals surface area contributed by atoms with Crippen molar-refractivity contribution in [2.45, 2.75) is 31.7 Å². The Labute approximate surface area is 240 Å². The molecule has 0 unspecified atom stereocenters. The van der Waals surface area contributed by atoms with Gasteiger partial charge in [-0.3, -0.25) is 4.79 Å². The number of carbonyl (C=O) groups excluding carboxylic acids is 1. The van der Waals surface area contributed by atoms with Crippen molar-refractivity contribution in [2.75, 3.05) is 68.4 Å². The van der Waals surface area contributed by atoms with Crippen LogP contribution in [-0.2, 0) is 14.6 Å². The molecule has 40 heavy (non-hydrogen) atoms. The summed E-state index contributed by atoms with van der Waals surface area (Å²) in [5, 5.41) is 6.26. The van der Waals surface area contributed by atoms with E-state index in [1.807, 2.05) is 6.07 Å². The first-order valence-electron chi connectivity index (χ1n) is 13.1. The molecule has 11 nitrogen and oxygen atoms in total. The van der Waals surface area contributed by atoms with E-state index in [9.17, 15) is 13.2 Å². The zero-order valence-electron chi connectivity index (χ0n) is 23.4. The van der Waals surface area contributed by atoms with Crippen LogP contribution in [0.5, 0.6) is 11.6 Å². The molecule has 218 valence electrons. The van der Waals surface area contributed by atoms with Gasteiger partial charge in [-0.15, -0.1) is 0 Å². The molecule has 1 amide bonds. The average molecular weight is 593 g/mol. The third-order valence-electron chi connectivity index (χ3n) is 7.30. The van der Waals surface area contributed by atoms with Crippen LogP contribution < -0.4 is 25.0 Å². The van der Waals surface area contributed by atoms with Crippen molar-refractivity contribution in [3.63, 3.8) is 0 Å². The highest BCUT2D eigenvalue weighted by molar-refractivity contribution is 7.90. The molecule has 1 aromatic carbocycles. The number of amides is 1.